The monoisotopic (exact) mass is 322 g/mol. The third-order valence-electron chi connectivity index (χ3n) is 3.27. The van der Waals surface area contributed by atoms with E-state index in [0.717, 1.165) is 4.70 Å². The molecule has 0 unspecified atom stereocenters. The first kappa shape index (κ1) is 16.4. The van der Waals surface area contributed by atoms with Gasteiger partial charge in [-0.15, -0.1) is 11.3 Å². The Morgan fingerprint density at radius 3 is 2.64 bits per heavy atom. The van der Waals surface area contributed by atoms with Gasteiger partial charge in [-0.05, 0) is 38.5 Å². The number of halogens is 1. The lowest BCUT2D eigenvalue weighted by atomic mass is 10.1. The first-order valence-electron chi connectivity index (χ1n) is 7.03. The molecule has 1 aromatic carbocycles. The molecule has 1 heterocycles. The minimum atomic E-state index is -0.328. The fraction of sp³-hybridized carbons (Fsp3) is 0.375. The van der Waals surface area contributed by atoms with Gasteiger partial charge < -0.3 is 10.2 Å². The molecule has 0 aliphatic carbocycles. The molecule has 2 aromatic rings. The van der Waals surface area contributed by atoms with Crippen molar-refractivity contribution in [2.75, 3.05) is 13.6 Å². The van der Waals surface area contributed by atoms with Gasteiger partial charge in [-0.2, -0.15) is 0 Å². The van der Waals surface area contributed by atoms with Crippen LogP contribution in [-0.2, 0) is 4.79 Å². The van der Waals surface area contributed by atoms with Crippen molar-refractivity contribution in [2.24, 2.45) is 0 Å². The number of hydrogen-bond acceptors (Lipinski definition) is 3. The fourth-order valence-corrected chi connectivity index (χ4v) is 3.50. The van der Waals surface area contributed by atoms with E-state index in [0.29, 0.717) is 15.8 Å². The summed E-state index contributed by atoms with van der Waals surface area (Å²) in [6, 6.07) is 4.83. The van der Waals surface area contributed by atoms with Crippen molar-refractivity contribution < 1.29 is 14.0 Å². The highest BCUT2D eigenvalue weighted by Crippen LogP contribution is 2.33. The Balaban J connectivity index is 2.24. The number of amides is 2. The van der Waals surface area contributed by atoms with E-state index >= 15 is 0 Å². The number of likely N-dealkylation sites (N-methyl/N-ethyl adjacent to an activating group) is 1. The molecule has 0 atom stereocenters. The summed E-state index contributed by atoms with van der Waals surface area (Å²) in [4.78, 5) is 26.1. The summed E-state index contributed by atoms with van der Waals surface area (Å²) in [6.45, 7) is 5.43. The standard InChI is InChI=1S/C16H19FN2O2S/c1-9(2)18-13(20)8-19(4)16(21)15-10(3)14-11(17)6-5-7-12(14)22-15/h5-7,9H,8H2,1-4H3,(H,18,20). The molecule has 0 aliphatic heterocycles. The second-order valence-corrected chi connectivity index (χ2v) is 6.60. The van der Waals surface area contributed by atoms with E-state index in [4.69, 9.17) is 0 Å². The normalized spacial score (nSPS) is 11.0. The topological polar surface area (TPSA) is 49.4 Å². The Bertz CT molecular complexity index is 724. The van der Waals surface area contributed by atoms with Crippen molar-refractivity contribution >= 4 is 33.2 Å². The average Bonchev–Trinajstić information content (AvgIpc) is 2.75. The van der Waals surface area contributed by atoms with Gasteiger partial charge in [0, 0.05) is 23.2 Å². The largest absolute Gasteiger partial charge is 0.352 e. The lowest BCUT2D eigenvalue weighted by Crippen LogP contribution is -2.40. The van der Waals surface area contributed by atoms with Gasteiger partial charge >= 0.3 is 0 Å². The van der Waals surface area contributed by atoms with Gasteiger partial charge in [0.2, 0.25) is 5.91 Å². The van der Waals surface area contributed by atoms with Gasteiger partial charge in [-0.25, -0.2) is 4.39 Å². The summed E-state index contributed by atoms with van der Waals surface area (Å²) < 4.78 is 14.6. The summed E-state index contributed by atoms with van der Waals surface area (Å²) in [7, 11) is 1.57. The summed E-state index contributed by atoms with van der Waals surface area (Å²) in [5, 5.41) is 3.22. The van der Waals surface area contributed by atoms with Crippen molar-refractivity contribution in [2.45, 2.75) is 26.8 Å². The number of carbonyl (C=O) groups excluding carboxylic acids is 2. The Morgan fingerprint density at radius 2 is 2.05 bits per heavy atom. The third-order valence-corrected chi connectivity index (χ3v) is 4.52. The van der Waals surface area contributed by atoms with Gasteiger partial charge in [0.15, 0.2) is 0 Å². The number of rotatable bonds is 4. The van der Waals surface area contributed by atoms with Crippen molar-refractivity contribution in [1.29, 1.82) is 0 Å². The highest BCUT2D eigenvalue weighted by atomic mass is 32.1. The summed E-state index contributed by atoms with van der Waals surface area (Å²) >= 11 is 1.25. The van der Waals surface area contributed by atoms with Crippen LogP contribution in [0.4, 0.5) is 4.39 Å². The highest BCUT2D eigenvalue weighted by molar-refractivity contribution is 7.21. The minimum Gasteiger partial charge on any atom is -0.352 e. The van der Waals surface area contributed by atoms with Crippen LogP contribution in [0.3, 0.4) is 0 Å². The molecule has 0 spiro atoms. The number of aryl methyl sites for hydroxylation is 1. The van der Waals surface area contributed by atoms with Gasteiger partial charge in [0.05, 0.1) is 11.4 Å². The van der Waals surface area contributed by atoms with Crippen LogP contribution < -0.4 is 5.32 Å². The zero-order valence-electron chi connectivity index (χ0n) is 13.1. The number of fused-ring (bicyclic) bond motifs is 1. The molecular weight excluding hydrogens is 303 g/mol. The van der Waals surface area contributed by atoms with Crippen molar-refractivity contribution in [3.05, 3.63) is 34.5 Å². The van der Waals surface area contributed by atoms with Gasteiger partial charge in [-0.1, -0.05) is 6.07 Å². The van der Waals surface area contributed by atoms with Crippen LogP contribution in [0.1, 0.15) is 29.1 Å². The predicted octanol–water partition coefficient (Wildman–Crippen LogP) is 2.95. The molecule has 1 N–H and O–H groups in total. The zero-order chi connectivity index (χ0) is 16.4. The molecule has 0 bridgehead atoms. The van der Waals surface area contributed by atoms with E-state index in [9.17, 15) is 14.0 Å². The zero-order valence-corrected chi connectivity index (χ0v) is 13.9. The van der Waals surface area contributed by atoms with E-state index in [2.05, 4.69) is 5.32 Å². The van der Waals surface area contributed by atoms with Crippen LogP contribution in [0.5, 0.6) is 0 Å². The Morgan fingerprint density at radius 1 is 1.36 bits per heavy atom. The SMILES string of the molecule is Cc1c(C(=O)N(C)CC(=O)NC(C)C)sc2cccc(F)c12. The lowest BCUT2D eigenvalue weighted by molar-refractivity contribution is -0.122. The van der Waals surface area contributed by atoms with E-state index in [1.807, 2.05) is 13.8 Å². The van der Waals surface area contributed by atoms with E-state index in [-0.39, 0.29) is 30.2 Å². The van der Waals surface area contributed by atoms with Crippen LogP contribution in [0.15, 0.2) is 18.2 Å². The first-order valence-corrected chi connectivity index (χ1v) is 7.85. The average molecular weight is 322 g/mol. The molecule has 6 heteroatoms. The molecule has 0 saturated heterocycles. The van der Waals surface area contributed by atoms with Crippen molar-refractivity contribution in [3.63, 3.8) is 0 Å². The van der Waals surface area contributed by atoms with E-state index in [1.165, 1.54) is 22.3 Å². The molecule has 118 valence electrons. The second kappa shape index (κ2) is 6.44. The molecular formula is C16H19FN2O2S. The number of carbonyl (C=O) groups is 2. The molecule has 1 aromatic heterocycles. The number of hydrogen-bond donors (Lipinski definition) is 1. The molecule has 0 aliphatic rings. The van der Waals surface area contributed by atoms with Crippen LogP contribution in [-0.4, -0.2) is 36.3 Å². The molecule has 4 nitrogen and oxygen atoms in total. The molecule has 22 heavy (non-hydrogen) atoms. The molecule has 0 saturated carbocycles. The van der Waals surface area contributed by atoms with Gasteiger partial charge in [-0.3, -0.25) is 9.59 Å². The van der Waals surface area contributed by atoms with Crippen LogP contribution >= 0.6 is 11.3 Å². The summed E-state index contributed by atoms with van der Waals surface area (Å²) in [6.07, 6.45) is 0. The first-order chi connectivity index (χ1) is 10.3. The minimum absolute atomic E-state index is 0.0207. The number of nitrogens with zero attached hydrogens (tertiary/aromatic N) is 1. The summed E-state index contributed by atoms with van der Waals surface area (Å²) in [5.41, 5.74) is 0.624. The number of nitrogens with one attached hydrogen (secondary N) is 1. The van der Waals surface area contributed by atoms with Crippen LogP contribution in [0.2, 0.25) is 0 Å². The molecule has 0 fully saturated rings. The lowest BCUT2D eigenvalue weighted by Gasteiger charge is -2.17. The maximum Gasteiger partial charge on any atom is 0.264 e. The predicted molar refractivity (Wildman–Crippen MR) is 86.8 cm³/mol. The third kappa shape index (κ3) is 3.27. The molecule has 2 amide bonds. The number of thiophene rings is 1. The smallest absolute Gasteiger partial charge is 0.264 e. The maximum absolute atomic E-state index is 13.9. The summed E-state index contributed by atoms with van der Waals surface area (Å²) in [5.74, 6) is -0.807. The quantitative estimate of drug-likeness (QED) is 0.941. The van der Waals surface area contributed by atoms with E-state index in [1.54, 1.807) is 26.1 Å². The number of benzene rings is 1. The van der Waals surface area contributed by atoms with Crippen LogP contribution in [0.25, 0.3) is 10.1 Å². The Labute approximate surface area is 132 Å². The van der Waals surface area contributed by atoms with E-state index < -0.39 is 0 Å². The van der Waals surface area contributed by atoms with Gasteiger partial charge in [0.25, 0.3) is 5.91 Å². The highest BCUT2D eigenvalue weighted by Gasteiger charge is 2.22. The Hall–Kier alpha value is -1.95. The maximum atomic E-state index is 13.9. The van der Waals surface area contributed by atoms with Gasteiger partial charge in [0.1, 0.15) is 5.82 Å². The molecule has 2 rings (SSSR count). The fourth-order valence-electron chi connectivity index (χ4n) is 2.29. The molecule has 0 radical (unpaired) electrons. The van der Waals surface area contributed by atoms with Crippen LogP contribution in [0, 0.1) is 12.7 Å². The second-order valence-electron chi connectivity index (χ2n) is 5.55. The Kier molecular flexibility index (Phi) is 4.81. The van der Waals surface area contributed by atoms with Crippen molar-refractivity contribution in [3.8, 4) is 0 Å². The van der Waals surface area contributed by atoms with Crippen molar-refractivity contribution in [1.82, 2.24) is 10.2 Å².